The summed E-state index contributed by atoms with van der Waals surface area (Å²) in [6.45, 7) is 0. The Morgan fingerprint density at radius 2 is 1.73 bits per heavy atom. The van der Waals surface area contributed by atoms with E-state index in [1.165, 1.54) is 26.4 Å². The molecule has 4 bridgehead atoms. The Labute approximate surface area is 137 Å². The van der Waals surface area contributed by atoms with Crippen molar-refractivity contribution in [3.8, 4) is 0 Å². The molecule has 4 saturated carbocycles. The Bertz CT molecular complexity index is 416. The second-order valence-corrected chi connectivity index (χ2v) is 8.51. The fraction of sp³-hybridized carbons (Fsp3) is 0.882. The highest BCUT2D eigenvalue weighted by Crippen LogP contribution is 2.60. The van der Waals surface area contributed by atoms with Crippen LogP contribution in [0.3, 0.4) is 0 Å². The van der Waals surface area contributed by atoms with E-state index in [9.17, 15) is 9.59 Å². The molecular weight excluding hydrogens is 298 g/mol. The maximum Gasteiger partial charge on any atom is 0.328 e. The van der Waals surface area contributed by atoms with Crippen molar-refractivity contribution in [3.05, 3.63) is 0 Å². The SMILES string of the molecule is COC(=O)[C@@H](CCSC)NC(=O)C12CC3CC(CC(C3)C1)C2. The third-order valence-corrected chi connectivity index (χ3v) is 6.57. The van der Waals surface area contributed by atoms with E-state index in [0.717, 1.165) is 42.8 Å². The highest BCUT2D eigenvalue weighted by molar-refractivity contribution is 7.98. The Balaban J connectivity index is 1.68. The van der Waals surface area contributed by atoms with E-state index < -0.39 is 6.04 Å². The third kappa shape index (κ3) is 3.01. The van der Waals surface area contributed by atoms with Crippen molar-refractivity contribution < 1.29 is 14.3 Å². The molecule has 0 saturated heterocycles. The predicted molar refractivity (Wildman–Crippen MR) is 87.6 cm³/mol. The molecule has 4 aliphatic carbocycles. The first-order chi connectivity index (χ1) is 10.6. The lowest BCUT2D eigenvalue weighted by molar-refractivity contribution is -0.152. The van der Waals surface area contributed by atoms with E-state index >= 15 is 0 Å². The first kappa shape index (κ1) is 16.2. The predicted octanol–water partition coefficient (Wildman–Crippen LogP) is 2.61. The van der Waals surface area contributed by atoms with Gasteiger partial charge in [-0.2, -0.15) is 11.8 Å². The van der Waals surface area contributed by atoms with E-state index in [2.05, 4.69) is 5.32 Å². The van der Waals surface area contributed by atoms with Crippen molar-refractivity contribution in [3.63, 3.8) is 0 Å². The molecule has 0 heterocycles. The Morgan fingerprint density at radius 1 is 1.18 bits per heavy atom. The van der Waals surface area contributed by atoms with Crippen molar-refractivity contribution in [1.82, 2.24) is 5.32 Å². The molecule has 124 valence electrons. The van der Waals surface area contributed by atoms with Crippen LogP contribution in [0.15, 0.2) is 0 Å². The van der Waals surface area contributed by atoms with Gasteiger partial charge in [-0.1, -0.05) is 0 Å². The summed E-state index contributed by atoms with van der Waals surface area (Å²) in [5.41, 5.74) is -0.194. The molecule has 1 N–H and O–H groups in total. The highest BCUT2D eigenvalue weighted by Gasteiger charge is 2.54. The van der Waals surface area contributed by atoms with Crippen LogP contribution in [-0.2, 0) is 14.3 Å². The van der Waals surface area contributed by atoms with Crippen LogP contribution in [0.25, 0.3) is 0 Å². The number of methoxy groups -OCH3 is 1. The van der Waals surface area contributed by atoms with Gasteiger partial charge in [0.2, 0.25) is 5.91 Å². The van der Waals surface area contributed by atoms with Crippen molar-refractivity contribution in [2.75, 3.05) is 19.1 Å². The zero-order valence-electron chi connectivity index (χ0n) is 13.6. The van der Waals surface area contributed by atoms with Gasteiger partial charge in [-0.3, -0.25) is 4.79 Å². The molecule has 4 aliphatic rings. The number of carbonyl (C=O) groups excluding carboxylic acids is 2. The average Bonchev–Trinajstić information content (AvgIpc) is 2.49. The fourth-order valence-corrected chi connectivity index (χ4v) is 5.80. The zero-order valence-corrected chi connectivity index (χ0v) is 14.4. The highest BCUT2D eigenvalue weighted by atomic mass is 32.2. The van der Waals surface area contributed by atoms with E-state index in [1.54, 1.807) is 11.8 Å². The molecular formula is C17H27NO3S. The monoisotopic (exact) mass is 325 g/mol. The van der Waals surface area contributed by atoms with Crippen LogP contribution in [0.2, 0.25) is 0 Å². The van der Waals surface area contributed by atoms with Crippen LogP contribution in [0, 0.1) is 23.2 Å². The van der Waals surface area contributed by atoms with E-state index in [4.69, 9.17) is 4.74 Å². The number of carbonyl (C=O) groups is 2. The average molecular weight is 325 g/mol. The fourth-order valence-electron chi connectivity index (χ4n) is 5.33. The van der Waals surface area contributed by atoms with Gasteiger partial charge in [0, 0.05) is 5.41 Å². The van der Waals surface area contributed by atoms with Gasteiger partial charge in [0.05, 0.1) is 7.11 Å². The topological polar surface area (TPSA) is 55.4 Å². The molecule has 1 atom stereocenters. The lowest BCUT2D eigenvalue weighted by Crippen LogP contribution is -2.56. The first-order valence-electron chi connectivity index (χ1n) is 8.44. The lowest BCUT2D eigenvalue weighted by atomic mass is 9.49. The van der Waals surface area contributed by atoms with Crippen molar-refractivity contribution in [1.29, 1.82) is 0 Å². The summed E-state index contributed by atoms with van der Waals surface area (Å²) in [6, 6.07) is -0.488. The minimum Gasteiger partial charge on any atom is -0.467 e. The van der Waals surface area contributed by atoms with Gasteiger partial charge >= 0.3 is 5.97 Å². The largest absolute Gasteiger partial charge is 0.467 e. The summed E-state index contributed by atoms with van der Waals surface area (Å²) in [7, 11) is 1.39. The standard InChI is InChI=1S/C17H27NO3S/c1-21-15(19)14(3-4-22-2)18-16(20)17-8-11-5-12(9-17)7-13(6-11)10-17/h11-14H,3-10H2,1-2H3,(H,18,20)/t11?,12?,13?,14-,17?/m1/s1. The van der Waals surface area contributed by atoms with Crippen LogP contribution in [-0.4, -0.2) is 37.0 Å². The quantitative estimate of drug-likeness (QED) is 0.763. The van der Waals surface area contributed by atoms with Gasteiger partial charge in [0.15, 0.2) is 0 Å². The second kappa shape index (κ2) is 6.42. The van der Waals surface area contributed by atoms with Crippen LogP contribution in [0.5, 0.6) is 0 Å². The third-order valence-electron chi connectivity index (χ3n) is 5.92. The number of rotatable bonds is 6. The van der Waals surface area contributed by atoms with E-state index in [1.807, 2.05) is 6.26 Å². The van der Waals surface area contributed by atoms with Crippen LogP contribution in [0.4, 0.5) is 0 Å². The van der Waals surface area contributed by atoms with Crippen molar-refractivity contribution in [2.45, 2.75) is 51.0 Å². The number of hydrogen-bond acceptors (Lipinski definition) is 4. The number of hydrogen-bond donors (Lipinski definition) is 1. The number of esters is 1. The summed E-state index contributed by atoms with van der Waals surface area (Å²) >= 11 is 1.69. The number of ether oxygens (including phenoxy) is 1. The van der Waals surface area contributed by atoms with Crippen LogP contribution in [0.1, 0.15) is 44.9 Å². The summed E-state index contributed by atoms with van der Waals surface area (Å²) in [5.74, 6) is 2.86. The molecule has 0 unspecified atom stereocenters. The molecule has 5 heteroatoms. The van der Waals surface area contributed by atoms with Crippen LogP contribution >= 0.6 is 11.8 Å². The van der Waals surface area contributed by atoms with Crippen LogP contribution < -0.4 is 5.32 Å². The smallest absolute Gasteiger partial charge is 0.328 e. The normalized spacial score (nSPS) is 36.9. The molecule has 0 aliphatic heterocycles. The molecule has 4 rings (SSSR count). The Morgan fingerprint density at radius 3 is 2.18 bits per heavy atom. The van der Waals surface area contributed by atoms with Gasteiger partial charge in [-0.15, -0.1) is 0 Å². The number of nitrogens with one attached hydrogen (secondary N) is 1. The molecule has 0 aromatic heterocycles. The molecule has 0 spiro atoms. The molecule has 0 aromatic rings. The molecule has 1 amide bonds. The molecule has 4 nitrogen and oxygen atoms in total. The minimum absolute atomic E-state index is 0.114. The summed E-state index contributed by atoms with van der Waals surface area (Å²) in [6.07, 6.45) is 9.70. The van der Waals surface area contributed by atoms with Crippen molar-refractivity contribution in [2.24, 2.45) is 23.2 Å². The van der Waals surface area contributed by atoms with Gasteiger partial charge in [0.25, 0.3) is 0 Å². The molecule has 0 radical (unpaired) electrons. The summed E-state index contributed by atoms with van der Waals surface area (Å²) < 4.78 is 4.87. The first-order valence-corrected chi connectivity index (χ1v) is 9.83. The van der Waals surface area contributed by atoms with Gasteiger partial charge in [0.1, 0.15) is 6.04 Å². The number of thioether (sulfide) groups is 1. The molecule has 4 fully saturated rings. The summed E-state index contributed by atoms with van der Waals surface area (Å²) in [4.78, 5) is 24.9. The van der Waals surface area contributed by atoms with E-state index in [-0.39, 0.29) is 17.3 Å². The van der Waals surface area contributed by atoms with Crippen molar-refractivity contribution >= 4 is 23.6 Å². The second-order valence-electron chi connectivity index (χ2n) is 7.53. The van der Waals surface area contributed by atoms with E-state index in [0.29, 0.717) is 6.42 Å². The minimum atomic E-state index is -0.488. The lowest BCUT2D eigenvalue weighted by Gasteiger charge is -2.55. The maximum atomic E-state index is 13.0. The number of amides is 1. The Kier molecular flexibility index (Phi) is 4.72. The van der Waals surface area contributed by atoms with Gasteiger partial charge in [-0.25, -0.2) is 4.79 Å². The molecule has 0 aromatic carbocycles. The summed E-state index contributed by atoms with van der Waals surface area (Å²) in [5, 5.41) is 3.03. The Hall–Kier alpha value is -0.710. The zero-order chi connectivity index (χ0) is 15.7. The molecule has 22 heavy (non-hydrogen) atoms. The van der Waals surface area contributed by atoms with Gasteiger partial charge < -0.3 is 10.1 Å². The maximum absolute atomic E-state index is 13.0. The van der Waals surface area contributed by atoms with Gasteiger partial charge in [-0.05, 0) is 74.7 Å².